The van der Waals surface area contributed by atoms with Gasteiger partial charge in [0.25, 0.3) is 0 Å². The molecule has 1 fully saturated rings. The van der Waals surface area contributed by atoms with Gasteiger partial charge in [-0.2, -0.15) is 0 Å². The molecule has 0 aliphatic carbocycles. The molecular weight excluding hydrogens is 532 g/mol. The molecule has 1 heterocycles. The maximum absolute atomic E-state index is 13.4. The van der Waals surface area contributed by atoms with Crippen LogP contribution in [0.1, 0.15) is 27.0 Å². The number of carbonyl (C=O) groups excluding carboxylic acids is 1. The summed E-state index contributed by atoms with van der Waals surface area (Å²) in [5, 5.41) is 10.4. The molecule has 5 rings (SSSR count). The standard InChI is InChI=1S/C35H36O7/c36-21-30-32(39-23-27-15-7-2-8-16-27)34(42-35(37)29-19-11-4-12-20-29)33(40-24-28-17-9-3-10-18-28)31(41-30)25-38-22-26-13-5-1-6-14-26/h1-20,30-34,36H,21-25H2/t30-,31+,32?,33?,34?/m0/s1. The van der Waals surface area contributed by atoms with Crippen molar-refractivity contribution in [2.45, 2.75) is 50.3 Å². The predicted octanol–water partition coefficient (Wildman–Crippen LogP) is 5.36. The summed E-state index contributed by atoms with van der Waals surface area (Å²) in [6.45, 7) is 0.706. The number of hydrogen-bond donors (Lipinski definition) is 1. The molecule has 1 aliphatic heterocycles. The molecular formula is C35H36O7. The summed E-state index contributed by atoms with van der Waals surface area (Å²) < 4.78 is 31.4. The minimum atomic E-state index is -0.888. The van der Waals surface area contributed by atoms with Crippen molar-refractivity contribution in [2.24, 2.45) is 0 Å². The monoisotopic (exact) mass is 568 g/mol. The van der Waals surface area contributed by atoms with E-state index in [9.17, 15) is 9.90 Å². The second-order valence-electron chi connectivity index (χ2n) is 10.2. The summed E-state index contributed by atoms with van der Waals surface area (Å²) >= 11 is 0. The Bertz CT molecular complexity index is 1340. The largest absolute Gasteiger partial charge is 0.453 e. The van der Waals surface area contributed by atoms with Crippen LogP contribution >= 0.6 is 0 Å². The Kier molecular flexibility index (Phi) is 10.9. The van der Waals surface area contributed by atoms with Crippen LogP contribution in [0.2, 0.25) is 0 Å². The molecule has 5 atom stereocenters. The zero-order valence-corrected chi connectivity index (χ0v) is 23.4. The third-order valence-electron chi connectivity index (χ3n) is 7.13. The van der Waals surface area contributed by atoms with Gasteiger partial charge in [-0.05, 0) is 28.8 Å². The molecule has 4 aromatic rings. The van der Waals surface area contributed by atoms with E-state index in [-0.39, 0.29) is 26.4 Å². The molecule has 1 saturated heterocycles. The van der Waals surface area contributed by atoms with Gasteiger partial charge in [-0.3, -0.25) is 0 Å². The van der Waals surface area contributed by atoms with E-state index in [1.807, 2.05) is 97.1 Å². The Morgan fingerprint density at radius 2 is 1.05 bits per heavy atom. The van der Waals surface area contributed by atoms with Crippen LogP contribution < -0.4 is 0 Å². The van der Waals surface area contributed by atoms with Gasteiger partial charge in [0.15, 0.2) is 6.10 Å². The zero-order valence-electron chi connectivity index (χ0n) is 23.4. The normalized spacial score (nSPS) is 22.0. The first-order chi connectivity index (χ1) is 20.7. The minimum absolute atomic E-state index is 0.162. The van der Waals surface area contributed by atoms with E-state index < -0.39 is 36.5 Å². The maximum atomic E-state index is 13.4. The summed E-state index contributed by atoms with van der Waals surface area (Å²) in [4.78, 5) is 13.4. The van der Waals surface area contributed by atoms with Crippen molar-refractivity contribution in [1.29, 1.82) is 0 Å². The van der Waals surface area contributed by atoms with E-state index >= 15 is 0 Å². The Morgan fingerprint density at radius 3 is 1.55 bits per heavy atom. The quantitative estimate of drug-likeness (QED) is 0.218. The van der Waals surface area contributed by atoms with Crippen molar-refractivity contribution in [1.82, 2.24) is 0 Å². The van der Waals surface area contributed by atoms with Crippen molar-refractivity contribution in [2.75, 3.05) is 13.2 Å². The van der Waals surface area contributed by atoms with Crippen molar-refractivity contribution in [3.05, 3.63) is 144 Å². The van der Waals surface area contributed by atoms with Gasteiger partial charge in [-0.1, -0.05) is 109 Å². The minimum Gasteiger partial charge on any atom is -0.453 e. The molecule has 7 nitrogen and oxygen atoms in total. The molecule has 1 N–H and O–H groups in total. The summed E-state index contributed by atoms with van der Waals surface area (Å²) in [7, 11) is 0. The number of benzene rings is 4. The van der Waals surface area contributed by atoms with E-state index in [4.69, 9.17) is 23.7 Å². The molecule has 7 heteroatoms. The van der Waals surface area contributed by atoms with Crippen molar-refractivity contribution in [3.63, 3.8) is 0 Å². The molecule has 0 radical (unpaired) electrons. The van der Waals surface area contributed by atoms with E-state index in [1.165, 1.54) is 0 Å². The SMILES string of the molecule is O=C(OC1C(OCc2ccccc2)[C@H](CO)O[C@H](COCc2ccccc2)C1OCc1ccccc1)c1ccccc1. The number of aliphatic hydroxyl groups excluding tert-OH is 1. The van der Waals surface area contributed by atoms with Crippen LogP contribution in [0.3, 0.4) is 0 Å². The van der Waals surface area contributed by atoms with Crippen molar-refractivity contribution >= 4 is 5.97 Å². The molecule has 0 saturated carbocycles. The van der Waals surface area contributed by atoms with Gasteiger partial charge >= 0.3 is 5.97 Å². The number of ether oxygens (including phenoxy) is 5. The van der Waals surface area contributed by atoms with Gasteiger partial charge in [0, 0.05) is 0 Å². The van der Waals surface area contributed by atoms with Crippen LogP contribution in [0.25, 0.3) is 0 Å². The summed E-state index contributed by atoms with van der Waals surface area (Å²) in [5.41, 5.74) is 3.33. The second kappa shape index (κ2) is 15.4. The molecule has 218 valence electrons. The number of rotatable bonds is 13. The van der Waals surface area contributed by atoms with Gasteiger partial charge in [-0.25, -0.2) is 4.79 Å². The van der Waals surface area contributed by atoms with Gasteiger partial charge in [0.2, 0.25) is 0 Å². The molecule has 0 bridgehead atoms. The Hall–Kier alpha value is -3.85. The lowest BCUT2D eigenvalue weighted by atomic mass is 9.94. The highest BCUT2D eigenvalue weighted by atomic mass is 16.6. The number of carbonyl (C=O) groups is 1. The molecule has 0 spiro atoms. The van der Waals surface area contributed by atoms with Crippen LogP contribution in [0, 0.1) is 0 Å². The lowest BCUT2D eigenvalue weighted by Crippen LogP contribution is -2.62. The first-order valence-electron chi connectivity index (χ1n) is 14.2. The van der Waals surface area contributed by atoms with Gasteiger partial charge in [0.1, 0.15) is 24.4 Å². The average Bonchev–Trinajstić information content (AvgIpc) is 3.05. The van der Waals surface area contributed by atoms with E-state index in [1.54, 1.807) is 24.3 Å². The van der Waals surface area contributed by atoms with Crippen molar-refractivity contribution in [3.8, 4) is 0 Å². The highest BCUT2D eigenvalue weighted by Crippen LogP contribution is 2.31. The predicted molar refractivity (Wildman–Crippen MR) is 158 cm³/mol. The van der Waals surface area contributed by atoms with E-state index in [0.717, 1.165) is 16.7 Å². The Labute approximate surface area is 246 Å². The van der Waals surface area contributed by atoms with Crippen LogP contribution in [-0.2, 0) is 43.5 Å². The Morgan fingerprint density at radius 1 is 0.595 bits per heavy atom. The van der Waals surface area contributed by atoms with Crippen LogP contribution in [0.15, 0.2) is 121 Å². The molecule has 42 heavy (non-hydrogen) atoms. The molecule has 0 aromatic heterocycles. The van der Waals surface area contributed by atoms with Gasteiger partial charge in [0.05, 0.1) is 38.6 Å². The summed E-state index contributed by atoms with van der Waals surface area (Å²) in [6, 6.07) is 38.1. The number of aliphatic hydroxyl groups is 1. The van der Waals surface area contributed by atoms with E-state index in [2.05, 4.69) is 0 Å². The van der Waals surface area contributed by atoms with Gasteiger partial charge in [-0.15, -0.1) is 0 Å². The number of esters is 1. The first-order valence-corrected chi connectivity index (χ1v) is 14.2. The Balaban J connectivity index is 1.42. The molecule has 3 unspecified atom stereocenters. The maximum Gasteiger partial charge on any atom is 0.338 e. The lowest BCUT2D eigenvalue weighted by molar-refractivity contribution is -0.264. The fourth-order valence-electron chi connectivity index (χ4n) is 4.98. The third kappa shape index (κ3) is 8.12. The van der Waals surface area contributed by atoms with Crippen LogP contribution in [-0.4, -0.2) is 54.8 Å². The third-order valence-corrected chi connectivity index (χ3v) is 7.13. The topological polar surface area (TPSA) is 83.5 Å². The first kappa shape index (κ1) is 29.6. The zero-order chi connectivity index (χ0) is 29.0. The molecule has 1 aliphatic rings. The van der Waals surface area contributed by atoms with Crippen LogP contribution in [0.4, 0.5) is 0 Å². The smallest absolute Gasteiger partial charge is 0.338 e. The molecule has 4 aromatic carbocycles. The number of hydrogen-bond acceptors (Lipinski definition) is 7. The summed E-state index contributed by atoms with van der Waals surface area (Å²) in [6.07, 6.45) is -3.84. The fourth-order valence-corrected chi connectivity index (χ4v) is 4.98. The summed E-state index contributed by atoms with van der Waals surface area (Å²) in [5.74, 6) is -0.509. The van der Waals surface area contributed by atoms with Crippen LogP contribution in [0.5, 0.6) is 0 Å². The molecule has 0 amide bonds. The fraction of sp³-hybridized carbons (Fsp3) is 0.286. The van der Waals surface area contributed by atoms with Crippen molar-refractivity contribution < 1.29 is 33.6 Å². The highest BCUT2D eigenvalue weighted by Gasteiger charge is 2.49. The van der Waals surface area contributed by atoms with Gasteiger partial charge < -0.3 is 28.8 Å². The average molecular weight is 569 g/mol. The highest BCUT2D eigenvalue weighted by molar-refractivity contribution is 5.89. The second-order valence-corrected chi connectivity index (χ2v) is 10.2. The van der Waals surface area contributed by atoms with E-state index in [0.29, 0.717) is 12.2 Å². The lowest BCUT2D eigenvalue weighted by Gasteiger charge is -2.45.